The summed E-state index contributed by atoms with van der Waals surface area (Å²) in [5, 5.41) is 0. The van der Waals surface area contributed by atoms with E-state index in [1.807, 2.05) is 0 Å². The van der Waals surface area contributed by atoms with E-state index in [2.05, 4.69) is 14.2 Å². The molecule has 7 nitrogen and oxygen atoms in total. The SMILES string of the molecule is COc1ccccc1-c1cccnc1Oc1ccc(C(F)(F)COS(=O)(=O)C(F)(F)F)nc1. The molecule has 0 unspecified atom stereocenters. The molecule has 13 heteroatoms. The first-order valence-corrected chi connectivity index (χ1v) is 10.4. The van der Waals surface area contributed by atoms with Crippen LogP contribution < -0.4 is 9.47 Å². The third-order valence-electron chi connectivity index (χ3n) is 4.17. The van der Waals surface area contributed by atoms with E-state index in [9.17, 15) is 30.4 Å². The standard InChI is InChI=1S/C20H15F5N2O5S/c1-30-16-7-3-2-5-14(16)15-6-4-10-26-18(15)32-13-8-9-17(27-11-13)19(21,22)12-31-33(28,29)20(23,24)25/h2-11H,12H2,1H3. The molecule has 0 aliphatic rings. The van der Waals surface area contributed by atoms with Crippen molar-refractivity contribution >= 4 is 10.1 Å². The highest BCUT2D eigenvalue weighted by molar-refractivity contribution is 7.87. The predicted molar refractivity (Wildman–Crippen MR) is 105 cm³/mol. The highest BCUT2D eigenvalue weighted by atomic mass is 32.2. The van der Waals surface area contributed by atoms with Gasteiger partial charge in [-0.3, -0.25) is 9.17 Å². The molecular weight excluding hydrogens is 475 g/mol. The highest BCUT2D eigenvalue weighted by Crippen LogP contribution is 2.37. The zero-order valence-electron chi connectivity index (χ0n) is 16.7. The van der Waals surface area contributed by atoms with Gasteiger partial charge in [0.15, 0.2) is 0 Å². The molecule has 3 aromatic rings. The maximum Gasteiger partial charge on any atom is 0.523 e. The van der Waals surface area contributed by atoms with Gasteiger partial charge < -0.3 is 9.47 Å². The van der Waals surface area contributed by atoms with E-state index in [1.165, 1.54) is 13.3 Å². The molecule has 0 aliphatic heterocycles. The Bertz CT molecular complexity index is 1220. The van der Waals surface area contributed by atoms with E-state index < -0.39 is 33.8 Å². The Balaban J connectivity index is 1.80. The smallest absolute Gasteiger partial charge is 0.496 e. The molecule has 0 bridgehead atoms. The number of hydrogen-bond donors (Lipinski definition) is 0. The molecule has 176 valence electrons. The monoisotopic (exact) mass is 490 g/mol. The normalized spacial score (nSPS) is 12.4. The second-order valence-corrected chi connectivity index (χ2v) is 8.01. The van der Waals surface area contributed by atoms with Gasteiger partial charge in [-0.2, -0.15) is 30.4 Å². The molecule has 2 heterocycles. The Hall–Kier alpha value is -3.32. The lowest BCUT2D eigenvalue weighted by Crippen LogP contribution is -2.31. The minimum atomic E-state index is -6.18. The summed E-state index contributed by atoms with van der Waals surface area (Å²) < 4.78 is 101. The summed E-state index contributed by atoms with van der Waals surface area (Å²) >= 11 is 0. The van der Waals surface area contributed by atoms with Crippen molar-refractivity contribution in [1.29, 1.82) is 0 Å². The average Bonchev–Trinajstić information content (AvgIpc) is 2.78. The zero-order valence-corrected chi connectivity index (χ0v) is 17.5. The van der Waals surface area contributed by atoms with Crippen LogP contribution in [0.1, 0.15) is 5.69 Å². The van der Waals surface area contributed by atoms with Crippen LogP contribution >= 0.6 is 0 Å². The number of ether oxygens (including phenoxy) is 2. The second-order valence-electron chi connectivity index (χ2n) is 6.40. The highest BCUT2D eigenvalue weighted by Gasteiger charge is 2.49. The number of para-hydroxylation sites is 1. The Morgan fingerprint density at radius 3 is 2.24 bits per heavy atom. The molecule has 0 spiro atoms. The molecule has 2 aromatic heterocycles. The van der Waals surface area contributed by atoms with Gasteiger partial charge in [0.25, 0.3) is 0 Å². The van der Waals surface area contributed by atoms with Crippen LogP contribution in [0.4, 0.5) is 22.0 Å². The third-order valence-corrected chi connectivity index (χ3v) is 5.17. The number of aromatic nitrogens is 2. The molecule has 0 radical (unpaired) electrons. The molecule has 0 fully saturated rings. The zero-order chi connectivity index (χ0) is 24.3. The lowest BCUT2D eigenvalue weighted by Gasteiger charge is -2.17. The van der Waals surface area contributed by atoms with Gasteiger partial charge >= 0.3 is 21.5 Å². The van der Waals surface area contributed by atoms with Crippen LogP contribution in [0.2, 0.25) is 0 Å². The van der Waals surface area contributed by atoms with Gasteiger partial charge in [-0.05, 0) is 30.3 Å². The van der Waals surface area contributed by atoms with Crippen molar-refractivity contribution in [1.82, 2.24) is 9.97 Å². The molecule has 0 N–H and O–H groups in total. The van der Waals surface area contributed by atoms with E-state index >= 15 is 0 Å². The van der Waals surface area contributed by atoms with Crippen LogP contribution in [0.3, 0.4) is 0 Å². The first-order chi connectivity index (χ1) is 15.4. The van der Waals surface area contributed by atoms with Gasteiger partial charge in [-0.15, -0.1) is 0 Å². The molecule has 0 saturated carbocycles. The number of methoxy groups -OCH3 is 1. The van der Waals surface area contributed by atoms with Crippen LogP contribution in [0.5, 0.6) is 17.4 Å². The molecular formula is C20H15F5N2O5S. The van der Waals surface area contributed by atoms with E-state index in [0.29, 0.717) is 16.9 Å². The van der Waals surface area contributed by atoms with Gasteiger partial charge in [0.05, 0.1) is 13.3 Å². The third kappa shape index (κ3) is 5.54. The van der Waals surface area contributed by atoms with Gasteiger partial charge in [0.1, 0.15) is 23.8 Å². The van der Waals surface area contributed by atoms with E-state index in [1.54, 1.807) is 36.4 Å². The number of pyridine rings is 2. The second kappa shape index (κ2) is 9.27. The fourth-order valence-corrected chi connectivity index (χ4v) is 3.04. The number of hydrogen-bond acceptors (Lipinski definition) is 7. The quantitative estimate of drug-likeness (QED) is 0.252. The van der Waals surface area contributed by atoms with Crippen molar-refractivity contribution in [3.8, 4) is 28.5 Å². The van der Waals surface area contributed by atoms with Crippen molar-refractivity contribution in [2.45, 2.75) is 11.4 Å². The molecule has 0 amide bonds. The summed E-state index contributed by atoms with van der Waals surface area (Å²) in [6, 6.07) is 12.2. The minimum Gasteiger partial charge on any atom is -0.496 e. The minimum absolute atomic E-state index is 0.00627. The van der Waals surface area contributed by atoms with Crippen molar-refractivity contribution in [3.63, 3.8) is 0 Å². The van der Waals surface area contributed by atoms with Crippen LogP contribution in [0.15, 0.2) is 60.9 Å². The number of rotatable bonds is 8. The molecule has 33 heavy (non-hydrogen) atoms. The number of nitrogens with zero attached hydrogens (tertiary/aromatic N) is 2. The lowest BCUT2D eigenvalue weighted by atomic mass is 10.1. The van der Waals surface area contributed by atoms with Crippen molar-refractivity contribution in [2.24, 2.45) is 0 Å². The van der Waals surface area contributed by atoms with Crippen molar-refractivity contribution in [2.75, 3.05) is 13.7 Å². The molecule has 0 atom stereocenters. The van der Waals surface area contributed by atoms with E-state index in [4.69, 9.17) is 9.47 Å². The average molecular weight is 490 g/mol. The van der Waals surface area contributed by atoms with Crippen LogP contribution in [-0.2, 0) is 20.2 Å². The van der Waals surface area contributed by atoms with Gasteiger partial charge in [0.2, 0.25) is 5.88 Å². The largest absolute Gasteiger partial charge is 0.523 e. The van der Waals surface area contributed by atoms with Crippen molar-refractivity contribution < 1.29 is 44.0 Å². The van der Waals surface area contributed by atoms with Gasteiger partial charge in [-0.1, -0.05) is 18.2 Å². The summed E-state index contributed by atoms with van der Waals surface area (Å²) in [6.45, 7) is -2.07. The summed E-state index contributed by atoms with van der Waals surface area (Å²) in [6.07, 6.45) is 2.34. The Morgan fingerprint density at radius 2 is 1.61 bits per heavy atom. The molecule has 0 aliphatic carbocycles. The summed E-state index contributed by atoms with van der Waals surface area (Å²) in [5.74, 6) is -3.47. The van der Waals surface area contributed by atoms with Gasteiger partial charge in [-0.25, -0.2) is 4.98 Å². The van der Waals surface area contributed by atoms with Crippen LogP contribution in [-0.4, -0.2) is 37.6 Å². The van der Waals surface area contributed by atoms with E-state index in [0.717, 1.165) is 18.3 Å². The number of alkyl halides is 5. The molecule has 3 rings (SSSR count). The van der Waals surface area contributed by atoms with Crippen LogP contribution in [0.25, 0.3) is 11.1 Å². The molecule has 0 saturated heterocycles. The summed E-state index contributed by atoms with van der Waals surface area (Å²) in [5.41, 5.74) is -5.65. The van der Waals surface area contributed by atoms with Crippen LogP contribution in [0, 0.1) is 0 Å². The number of halogens is 5. The number of benzene rings is 1. The Kier molecular flexibility index (Phi) is 6.84. The molecule has 1 aromatic carbocycles. The first-order valence-electron chi connectivity index (χ1n) is 9.01. The topological polar surface area (TPSA) is 87.6 Å². The Labute approximate surface area is 184 Å². The van der Waals surface area contributed by atoms with E-state index in [-0.39, 0.29) is 11.6 Å². The fraction of sp³-hybridized carbons (Fsp3) is 0.200. The van der Waals surface area contributed by atoms with Gasteiger partial charge in [0, 0.05) is 17.3 Å². The first kappa shape index (κ1) is 24.3. The predicted octanol–water partition coefficient (Wildman–Crippen LogP) is 4.90. The summed E-state index contributed by atoms with van der Waals surface area (Å²) in [7, 11) is -4.69. The maximum atomic E-state index is 14.1. The Morgan fingerprint density at radius 1 is 0.909 bits per heavy atom. The fourth-order valence-electron chi connectivity index (χ4n) is 2.61. The maximum absolute atomic E-state index is 14.1. The summed E-state index contributed by atoms with van der Waals surface area (Å²) in [4.78, 5) is 7.59. The lowest BCUT2D eigenvalue weighted by molar-refractivity contribution is -0.0762. The van der Waals surface area contributed by atoms with Crippen molar-refractivity contribution in [3.05, 3.63) is 66.6 Å².